The smallest absolute Gasteiger partial charge is 0.258 e. The van der Waals surface area contributed by atoms with Gasteiger partial charge in [0.05, 0.1) is 4.92 Å². The van der Waals surface area contributed by atoms with Crippen LogP contribution in [0, 0.1) is 10.1 Å². The maximum atomic E-state index is 11.0. The number of hydrogen-bond acceptors (Lipinski definition) is 3. The van der Waals surface area contributed by atoms with Crippen LogP contribution in [0.3, 0.4) is 0 Å². The Morgan fingerprint density at radius 2 is 1.84 bits per heavy atom. The largest absolute Gasteiger partial charge is 0.310 e. The van der Waals surface area contributed by atoms with Gasteiger partial charge >= 0.3 is 5.70 Å². The number of hydrogen-bond donors (Lipinski definition) is 0. The van der Waals surface area contributed by atoms with Gasteiger partial charge in [-0.3, -0.25) is 10.1 Å². The zero-order chi connectivity index (χ0) is 14.4. The van der Waals surface area contributed by atoms with Crippen molar-refractivity contribution < 1.29 is 4.92 Å². The molecule has 0 unspecified atom stereocenters. The van der Waals surface area contributed by atoms with Gasteiger partial charge in [0, 0.05) is 5.75 Å². The first-order chi connectivity index (χ1) is 8.93. The lowest BCUT2D eigenvalue weighted by Gasteiger charge is -2.03. The van der Waals surface area contributed by atoms with Crippen LogP contribution < -0.4 is 0 Å². The minimum absolute atomic E-state index is 0.269. The van der Waals surface area contributed by atoms with E-state index in [1.54, 1.807) is 0 Å². The molecule has 0 saturated heterocycles. The molecule has 0 aliphatic carbocycles. The summed E-state index contributed by atoms with van der Waals surface area (Å²) >= 11 is 21.0. The number of benzene rings is 1. The molecule has 1 aromatic rings. The molecule has 1 aromatic carbocycles. The van der Waals surface area contributed by atoms with E-state index in [9.17, 15) is 10.1 Å². The van der Waals surface area contributed by atoms with Crippen LogP contribution in [0.15, 0.2) is 49.4 Å². The fourth-order valence-corrected chi connectivity index (χ4v) is 3.12. The summed E-state index contributed by atoms with van der Waals surface area (Å²) in [6.07, 6.45) is 0. The van der Waals surface area contributed by atoms with Gasteiger partial charge in [0.15, 0.2) is 5.03 Å². The molecule has 1 rings (SSSR count). The second kappa shape index (κ2) is 8.17. The van der Waals surface area contributed by atoms with Crippen molar-refractivity contribution in [1.29, 1.82) is 0 Å². The molecule has 0 aliphatic rings. The van der Waals surface area contributed by atoms with E-state index in [2.05, 4.69) is 15.9 Å². The predicted molar refractivity (Wildman–Crippen MR) is 85.3 cm³/mol. The molecule has 0 aliphatic heterocycles. The SMILES string of the molecule is O=[N+]([O-])/C(C(Cl)=C(Cl)Cl)=C(\Br)SCc1ccccc1. The Morgan fingerprint density at radius 1 is 1.26 bits per heavy atom. The molecule has 0 spiro atoms. The highest BCUT2D eigenvalue weighted by Gasteiger charge is 2.24. The molecule has 0 atom stereocenters. The molecule has 0 aromatic heterocycles. The van der Waals surface area contributed by atoms with E-state index in [4.69, 9.17) is 34.8 Å². The minimum atomic E-state index is -0.630. The molecule has 0 radical (unpaired) electrons. The van der Waals surface area contributed by atoms with Gasteiger partial charge in [-0.2, -0.15) is 0 Å². The maximum absolute atomic E-state index is 11.0. The second-order valence-electron chi connectivity index (χ2n) is 3.23. The molecular weight excluding hydrogens is 396 g/mol. The van der Waals surface area contributed by atoms with Gasteiger partial charge in [-0.25, -0.2) is 0 Å². The Labute approximate surface area is 137 Å². The molecule has 0 N–H and O–H groups in total. The van der Waals surface area contributed by atoms with Crippen molar-refractivity contribution in [3.8, 4) is 0 Å². The lowest BCUT2D eigenvalue weighted by Crippen LogP contribution is -2.01. The van der Waals surface area contributed by atoms with Gasteiger partial charge in [0.2, 0.25) is 0 Å². The number of nitrogens with zero attached hydrogens (tertiary/aromatic N) is 1. The van der Waals surface area contributed by atoms with Crippen molar-refractivity contribution in [2.45, 2.75) is 5.75 Å². The van der Waals surface area contributed by atoms with Crippen molar-refractivity contribution in [3.63, 3.8) is 0 Å². The molecule has 0 amide bonds. The molecule has 102 valence electrons. The topological polar surface area (TPSA) is 43.1 Å². The van der Waals surface area contributed by atoms with Gasteiger partial charge in [0.25, 0.3) is 0 Å². The van der Waals surface area contributed by atoms with Gasteiger partial charge in [-0.15, -0.1) is 11.8 Å². The quantitative estimate of drug-likeness (QED) is 0.363. The first kappa shape index (κ1) is 16.9. The number of allylic oxidation sites excluding steroid dienone is 1. The van der Waals surface area contributed by atoms with Crippen molar-refractivity contribution >= 4 is 62.5 Å². The summed E-state index contributed by atoms with van der Waals surface area (Å²) in [5.74, 6) is 0.558. The molecule has 0 saturated carbocycles. The second-order valence-corrected chi connectivity index (χ2v) is 6.86. The van der Waals surface area contributed by atoms with Crippen LogP contribution in [0.1, 0.15) is 5.56 Å². The fourth-order valence-electron chi connectivity index (χ4n) is 1.12. The maximum Gasteiger partial charge on any atom is 0.310 e. The van der Waals surface area contributed by atoms with E-state index in [1.807, 2.05) is 30.3 Å². The number of thioether (sulfide) groups is 1. The summed E-state index contributed by atoms with van der Waals surface area (Å²) in [7, 11) is 0. The third-order valence-electron chi connectivity index (χ3n) is 1.95. The van der Waals surface area contributed by atoms with Gasteiger partial charge in [-0.05, 0) is 21.5 Å². The Kier molecular flexibility index (Phi) is 7.25. The number of nitro groups is 1. The van der Waals surface area contributed by atoms with E-state index >= 15 is 0 Å². The first-order valence-electron chi connectivity index (χ1n) is 4.85. The van der Waals surface area contributed by atoms with Crippen molar-refractivity contribution in [1.82, 2.24) is 0 Å². The van der Waals surface area contributed by atoms with Crippen molar-refractivity contribution in [2.75, 3.05) is 0 Å². The van der Waals surface area contributed by atoms with Crippen LogP contribution in [-0.4, -0.2) is 4.92 Å². The molecule has 0 heterocycles. The summed E-state index contributed by atoms with van der Waals surface area (Å²) in [5, 5.41) is 10.7. The summed E-state index contributed by atoms with van der Waals surface area (Å²) in [4.78, 5) is 10.3. The van der Waals surface area contributed by atoms with Crippen LogP contribution in [0.5, 0.6) is 0 Å². The highest BCUT2D eigenvalue weighted by atomic mass is 79.9. The van der Waals surface area contributed by atoms with E-state index in [0.717, 1.165) is 5.56 Å². The molecule has 0 bridgehead atoms. The third-order valence-corrected chi connectivity index (χ3v) is 4.88. The first-order valence-corrected chi connectivity index (χ1v) is 7.76. The van der Waals surface area contributed by atoms with Gasteiger partial charge < -0.3 is 0 Å². The standard InChI is InChI=1S/C11H7BrCl3NO2S/c12-10(9(16(17)18)8(13)11(14)15)19-6-7-4-2-1-3-5-7/h1-5H,6H2/b10-9+. The predicted octanol–water partition coefficient (Wildman–Crippen LogP) is 5.65. The molecule has 19 heavy (non-hydrogen) atoms. The lowest BCUT2D eigenvalue weighted by molar-refractivity contribution is -0.419. The highest BCUT2D eigenvalue weighted by Crippen LogP contribution is 2.36. The Hall–Kier alpha value is -0.200. The van der Waals surface area contributed by atoms with E-state index in [0.29, 0.717) is 5.75 Å². The molecule has 3 nitrogen and oxygen atoms in total. The average Bonchev–Trinajstić information content (AvgIpc) is 2.37. The van der Waals surface area contributed by atoms with E-state index in [1.165, 1.54) is 11.8 Å². The van der Waals surface area contributed by atoms with Crippen LogP contribution in [0.2, 0.25) is 0 Å². The number of halogens is 4. The van der Waals surface area contributed by atoms with Gasteiger partial charge in [0.1, 0.15) is 8.31 Å². The summed E-state index contributed by atoms with van der Waals surface area (Å²) in [6.45, 7) is 0. The van der Waals surface area contributed by atoms with Crippen molar-refractivity contribution in [3.05, 3.63) is 65.0 Å². The highest BCUT2D eigenvalue weighted by molar-refractivity contribution is 9.14. The molecular formula is C11H7BrCl3NO2S. The molecule has 0 fully saturated rings. The lowest BCUT2D eigenvalue weighted by atomic mass is 10.2. The van der Waals surface area contributed by atoms with Crippen LogP contribution >= 0.6 is 62.5 Å². The molecule has 8 heteroatoms. The Bertz CT molecular complexity index is 530. The van der Waals surface area contributed by atoms with Crippen molar-refractivity contribution in [2.24, 2.45) is 0 Å². The van der Waals surface area contributed by atoms with E-state index in [-0.39, 0.29) is 19.0 Å². The normalized spacial score (nSPS) is 11.8. The minimum Gasteiger partial charge on any atom is -0.258 e. The number of rotatable bonds is 5. The summed E-state index contributed by atoms with van der Waals surface area (Å²) in [5.41, 5.74) is 0.687. The van der Waals surface area contributed by atoms with Crippen LogP contribution in [-0.2, 0) is 5.75 Å². The zero-order valence-corrected chi connectivity index (χ0v) is 13.9. The van der Waals surface area contributed by atoms with Crippen LogP contribution in [0.4, 0.5) is 0 Å². The Morgan fingerprint density at radius 3 is 2.32 bits per heavy atom. The Balaban J connectivity index is 2.93. The fraction of sp³-hybridized carbons (Fsp3) is 0.0909. The summed E-state index contributed by atoms with van der Waals surface area (Å²) < 4.78 is -0.0734. The average molecular weight is 404 g/mol. The summed E-state index contributed by atoms with van der Waals surface area (Å²) in [6, 6.07) is 9.53. The van der Waals surface area contributed by atoms with Crippen LogP contribution in [0.25, 0.3) is 0 Å². The van der Waals surface area contributed by atoms with Gasteiger partial charge in [-0.1, -0.05) is 65.1 Å². The monoisotopic (exact) mass is 401 g/mol. The third kappa shape index (κ3) is 5.36. The van der Waals surface area contributed by atoms with E-state index < -0.39 is 4.92 Å². The zero-order valence-electron chi connectivity index (χ0n) is 9.28.